The molecule has 6 heteroatoms. The van der Waals surface area contributed by atoms with E-state index in [1.807, 2.05) is 12.1 Å². The van der Waals surface area contributed by atoms with Crippen LogP contribution in [0.5, 0.6) is 0 Å². The first kappa shape index (κ1) is 20.2. The smallest absolute Gasteiger partial charge is 0.267 e. The molecule has 2 fully saturated rings. The highest BCUT2D eigenvalue weighted by Gasteiger charge is 2.27. The minimum atomic E-state index is -0.00453. The van der Waals surface area contributed by atoms with Crippen LogP contribution in [0.4, 0.5) is 0 Å². The SMILES string of the molecule is CC(C)N1CCC(NC2CCC(n3nc(-c4cccnc4)ccc3=O)CC2)CC1. The number of hydrogen-bond donors (Lipinski definition) is 1. The van der Waals surface area contributed by atoms with Crippen molar-refractivity contribution in [3.05, 3.63) is 47.0 Å². The molecule has 0 aromatic carbocycles. The maximum atomic E-state index is 12.5. The molecule has 3 heterocycles. The maximum absolute atomic E-state index is 12.5. The molecule has 1 N–H and O–H groups in total. The summed E-state index contributed by atoms with van der Waals surface area (Å²) in [6.45, 7) is 6.97. The normalized spacial score (nSPS) is 24.1. The molecule has 1 aliphatic heterocycles. The topological polar surface area (TPSA) is 63.1 Å². The van der Waals surface area contributed by atoms with Crippen molar-refractivity contribution in [3.63, 3.8) is 0 Å². The van der Waals surface area contributed by atoms with E-state index in [9.17, 15) is 4.79 Å². The quantitative estimate of drug-likeness (QED) is 0.842. The Labute approximate surface area is 173 Å². The van der Waals surface area contributed by atoms with Crippen molar-refractivity contribution in [2.24, 2.45) is 0 Å². The van der Waals surface area contributed by atoms with Gasteiger partial charge in [0.2, 0.25) is 0 Å². The molecular formula is C23H33N5O. The highest BCUT2D eigenvalue weighted by atomic mass is 16.1. The third kappa shape index (κ3) is 4.93. The third-order valence-corrected chi connectivity index (χ3v) is 6.56. The zero-order valence-corrected chi connectivity index (χ0v) is 17.6. The van der Waals surface area contributed by atoms with Crippen LogP contribution in [0, 0.1) is 0 Å². The van der Waals surface area contributed by atoms with Gasteiger partial charge in [-0.05, 0) is 83.7 Å². The van der Waals surface area contributed by atoms with Crippen molar-refractivity contribution in [3.8, 4) is 11.3 Å². The number of hydrogen-bond acceptors (Lipinski definition) is 5. The highest BCUT2D eigenvalue weighted by Crippen LogP contribution is 2.28. The predicted octanol–water partition coefficient (Wildman–Crippen LogP) is 3.25. The number of nitrogens with one attached hydrogen (secondary N) is 1. The predicted molar refractivity (Wildman–Crippen MR) is 116 cm³/mol. The van der Waals surface area contributed by atoms with Gasteiger partial charge in [-0.3, -0.25) is 9.78 Å². The minimum absolute atomic E-state index is 0.00453. The van der Waals surface area contributed by atoms with Gasteiger partial charge in [0.1, 0.15) is 0 Å². The lowest BCUT2D eigenvalue weighted by Gasteiger charge is -2.38. The van der Waals surface area contributed by atoms with E-state index in [2.05, 4.69) is 34.1 Å². The molecule has 2 aromatic rings. The molecule has 0 radical (unpaired) electrons. The first-order chi connectivity index (χ1) is 14.1. The molecule has 1 aliphatic carbocycles. The standard InChI is InChI=1S/C23H33N5O/c1-17(2)27-14-11-20(12-15-27)25-19-5-7-21(8-6-19)28-23(29)10-9-22(26-28)18-4-3-13-24-16-18/h3-4,9-10,13,16-17,19-21,25H,5-8,11-12,14-15H2,1-2H3. The van der Waals surface area contributed by atoms with Gasteiger partial charge in [-0.25, -0.2) is 4.68 Å². The Bertz CT molecular complexity index is 834. The average molecular weight is 396 g/mol. The first-order valence-corrected chi connectivity index (χ1v) is 11.1. The second kappa shape index (κ2) is 9.18. The number of pyridine rings is 1. The maximum Gasteiger partial charge on any atom is 0.267 e. The Balaban J connectivity index is 1.34. The van der Waals surface area contributed by atoms with Gasteiger partial charge < -0.3 is 10.2 Å². The Morgan fingerprint density at radius 1 is 1.00 bits per heavy atom. The molecule has 2 aromatic heterocycles. The Morgan fingerprint density at radius 2 is 1.72 bits per heavy atom. The van der Waals surface area contributed by atoms with Crippen LogP contribution in [0.15, 0.2) is 41.5 Å². The van der Waals surface area contributed by atoms with Crippen molar-refractivity contribution in [2.75, 3.05) is 13.1 Å². The summed E-state index contributed by atoms with van der Waals surface area (Å²) in [5, 5.41) is 8.57. The molecule has 29 heavy (non-hydrogen) atoms. The van der Waals surface area contributed by atoms with Crippen molar-refractivity contribution in [1.29, 1.82) is 0 Å². The van der Waals surface area contributed by atoms with Crippen LogP contribution in [-0.4, -0.2) is 50.9 Å². The zero-order chi connectivity index (χ0) is 20.2. The van der Waals surface area contributed by atoms with Gasteiger partial charge in [0.25, 0.3) is 5.56 Å². The highest BCUT2D eigenvalue weighted by molar-refractivity contribution is 5.56. The summed E-state index contributed by atoms with van der Waals surface area (Å²) in [5.74, 6) is 0. The van der Waals surface area contributed by atoms with Crippen LogP contribution < -0.4 is 10.9 Å². The van der Waals surface area contributed by atoms with Crippen LogP contribution in [-0.2, 0) is 0 Å². The van der Waals surface area contributed by atoms with Crippen molar-refractivity contribution in [2.45, 2.75) is 76.5 Å². The largest absolute Gasteiger partial charge is 0.311 e. The van der Waals surface area contributed by atoms with Gasteiger partial charge in [0.05, 0.1) is 11.7 Å². The van der Waals surface area contributed by atoms with Crippen LogP contribution in [0.2, 0.25) is 0 Å². The van der Waals surface area contributed by atoms with Gasteiger partial charge in [-0.2, -0.15) is 5.10 Å². The molecular weight excluding hydrogens is 362 g/mol. The molecule has 0 unspecified atom stereocenters. The lowest BCUT2D eigenvalue weighted by Crippen LogP contribution is -2.48. The van der Waals surface area contributed by atoms with E-state index < -0.39 is 0 Å². The summed E-state index contributed by atoms with van der Waals surface area (Å²) in [6.07, 6.45) is 10.3. The fraction of sp³-hybridized carbons (Fsp3) is 0.609. The molecule has 1 saturated heterocycles. The van der Waals surface area contributed by atoms with E-state index in [0.717, 1.165) is 36.9 Å². The number of rotatable bonds is 5. The summed E-state index contributed by atoms with van der Waals surface area (Å²) >= 11 is 0. The van der Waals surface area contributed by atoms with Crippen molar-refractivity contribution < 1.29 is 0 Å². The van der Waals surface area contributed by atoms with Crippen LogP contribution in [0.3, 0.4) is 0 Å². The molecule has 6 nitrogen and oxygen atoms in total. The lowest BCUT2D eigenvalue weighted by atomic mass is 9.90. The Hall–Kier alpha value is -2.05. The summed E-state index contributed by atoms with van der Waals surface area (Å²) < 4.78 is 1.71. The van der Waals surface area contributed by atoms with Crippen molar-refractivity contribution in [1.82, 2.24) is 25.0 Å². The molecule has 0 atom stereocenters. The summed E-state index contributed by atoms with van der Waals surface area (Å²) in [4.78, 5) is 19.2. The Kier molecular flexibility index (Phi) is 6.40. The van der Waals surface area contributed by atoms with E-state index in [-0.39, 0.29) is 11.6 Å². The fourth-order valence-electron chi connectivity index (χ4n) is 4.76. The van der Waals surface area contributed by atoms with Crippen LogP contribution in [0.1, 0.15) is 58.4 Å². The Morgan fingerprint density at radius 3 is 2.38 bits per heavy atom. The summed E-state index contributed by atoms with van der Waals surface area (Å²) in [5.41, 5.74) is 1.76. The van der Waals surface area contributed by atoms with E-state index >= 15 is 0 Å². The monoisotopic (exact) mass is 395 g/mol. The second-order valence-electron chi connectivity index (χ2n) is 8.82. The molecule has 0 spiro atoms. The van der Waals surface area contributed by atoms with E-state index in [4.69, 9.17) is 0 Å². The van der Waals surface area contributed by atoms with Gasteiger partial charge in [-0.1, -0.05) is 0 Å². The van der Waals surface area contributed by atoms with Crippen LogP contribution in [0.25, 0.3) is 11.3 Å². The molecule has 4 rings (SSSR count). The average Bonchev–Trinajstić information content (AvgIpc) is 2.76. The first-order valence-electron chi connectivity index (χ1n) is 11.1. The van der Waals surface area contributed by atoms with Gasteiger partial charge in [-0.15, -0.1) is 0 Å². The third-order valence-electron chi connectivity index (χ3n) is 6.56. The molecule has 0 amide bonds. The number of likely N-dealkylation sites (tertiary alicyclic amines) is 1. The summed E-state index contributed by atoms with van der Waals surface area (Å²) in [7, 11) is 0. The van der Waals surface area contributed by atoms with E-state index in [1.165, 1.54) is 25.9 Å². The lowest BCUT2D eigenvalue weighted by molar-refractivity contribution is 0.149. The molecule has 156 valence electrons. The van der Waals surface area contributed by atoms with Gasteiger partial charge in [0, 0.05) is 42.1 Å². The van der Waals surface area contributed by atoms with Gasteiger partial charge >= 0.3 is 0 Å². The van der Waals surface area contributed by atoms with E-state index in [1.54, 1.807) is 29.2 Å². The molecule has 2 aliphatic rings. The number of nitrogens with zero attached hydrogens (tertiary/aromatic N) is 4. The van der Waals surface area contributed by atoms with Crippen molar-refractivity contribution >= 4 is 0 Å². The summed E-state index contributed by atoms with van der Waals surface area (Å²) in [6, 6.07) is 9.37. The van der Waals surface area contributed by atoms with E-state index in [0.29, 0.717) is 18.1 Å². The number of aromatic nitrogens is 3. The van der Waals surface area contributed by atoms with Crippen LogP contribution >= 0.6 is 0 Å². The zero-order valence-electron chi connectivity index (χ0n) is 17.6. The fourth-order valence-corrected chi connectivity index (χ4v) is 4.76. The molecule has 1 saturated carbocycles. The minimum Gasteiger partial charge on any atom is -0.311 e. The second-order valence-corrected chi connectivity index (χ2v) is 8.82. The number of piperidine rings is 1. The molecule has 0 bridgehead atoms. The van der Waals surface area contributed by atoms with Gasteiger partial charge in [0.15, 0.2) is 0 Å².